The summed E-state index contributed by atoms with van der Waals surface area (Å²) in [4.78, 5) is 11.5. The van der Waals surface area contributed by atoms with E-state index in [1.54, 1.807) is 0 Å². The van der Waals surface area contributed by atoms with Crippen LogP contribution in [-0.2, 0) is 18.4 Å². The lowest BCUT2D eigenvalue weighted by Crippen LogP contribution is -2.03. The molecule has 0 saturated carbocycles. The lowest BCUT2D eigenvalue weighted by atomic mass is 10.1. The summed E-state index contributed by atoms with van der Waals surface area (Å²) in [6, 6.07) is 0. The average Bonchev–Trinajstić information content (AvgIpc) is 2.32. The second-order valence-electron chi connectivity index (χ2n) is 3.77. The normalized spacial score (nSPS) is 11.7. The monoisotopic (exact) mass is 250 g/mol. The maximum absolute atomic E-state index is 11.6. The first kappa shape index (κ1) is 15.8. The van der Waals surface area contributed by atoms with Gasteiger partial charge in [-0.1, -0.05) is 39.0 Å². The van der Waals surface area contributed by atoms with E-state index in [0.717, 1.165) is 19.3 Å². The van der Waals surface area contributed by atoms with Gasteiger partial charge in [0.1, 0.15) is 0 Å². The van der Waals surface area contributed by atoms with Crippen LogP contribution in [0.2, 0.25) is 0 Å². The Morgan fingerprint density at radius 1 is 1.00 bits per heavy atom. The largest absolute Gasteiger partial charge is 0.396 e. The van der Waals surface area contributed by atoms with Crippen LogP contribution in [0.4, 0.5) is 0 Å². The van der Waals surface area contributed by atoms with Crippen molar-refractivity contribution in [2.45, 2.75) is 51.9 Å². The molecule has 0 radical (unpaired) electrons. The van der Waals surface area contributed by atoms with E-state index in [9.17, 15) is 9.36 Å². The molecular weight excluding hydrogens is 227 g/mol. The maximum atomic E-state index is 11.6. The molecule has 16 heavy (non-hydrogen) atoms. The third-order valence-electron chi connectivity index (χ3n) is 2.53. The number of carbonyl (C=O) groups is 1. The van der Waals surface area contributed by atoms with Gasteiger partial charge in [0.2, 0.25) is 5.52 Å². The van der Waals surface area contributed by atoms with Crippen LogP contribution in [0.15, 0.2) is 0 Å². The van der Waals surface area contributed by atoms with Gasteiger partial charge in [-0.3, -0.25) is 9.36 Å². The van der Waals surface area contributed by atoms with Crippen molar-refractivity contribution in [1.82, 2.24) is 0 Å². The summed E-state index contributed by atoms with van der Waals surface area (Å²) in [6.45, 7) is 2.16. The van der Waals surface area contributed by atoms with Gasteiger partial charge in [-0.25, -0.2) is 0 Å². The number of rotatable bonds is 10. The van der Waals surface area contributed by atoms with E-state index in [1.165, 1.54) is 33.5 Å². The van der Waals surface area contributed by atoms with Gasteiger partial charge in [-0.05, 0) is 6.42 Å². The zero-order chi connectivity index (χ0) is 12.4. The van der Waals surface area contributed by atoms with Crippen molar-refractivity contribution in [2.24, 2.45) is 0 Å². The van der Waals surface area contributed by atoms with Crippen LogP contribution < -0.4 is 0 Å². The minimum Gasteiger partial charge on any atom is -0.307 e. The minimum atomic E-state index is -3.47. The Hall–Kier alpha value is -0.180. The summed E-state index contributed by atoms with van der Waals surface area (Å²) in [5.41, 5.74) is -0.409. The summed E-state index contributed by atoms with van der Waals surface area (Å²) in [7, 11) is -0.993. The second kappa shape index (κ2) is 8.91. The number of hydrogen-bond donors (Lipinski definition) is 0. The van der Waals surface area contributed by atoms with Crippen molar-refractivity contribution < 1.29 is 18.4 Å². The molecule has 0 fully saturated rings. The van der Waals surface area contributed by atoms with Gasteiger partial charge in [0.05, 0.1) is 0 Å². The van der Waals surface area contributed by atoms with E-state index in [2.05, 4.69) is 16.0 Å². The van der Waals surface area contributed by atoms with Crippen LogP contribution in [-0.4, -0.2) is 19.7 Å². The summed E-state index contributed by atoms with van der Waals surface area (Å²) >= 11 is 0. The fraction of sp³-hybridized carbons (Fsp3) is 0.909. The lowest BCUT2D eigenvalue weighted by Gasteiger charge is -2.11. The fourth-order valence-electron chi connectivity index (χ4n) is 1.47. The molecule has 0 spiro atoms. The molecule has 0 rings (SSSR count). The molecule has 0 heterocycles. The third-order valence-corrected chi connectivity index (χ3v) is 4.33. The molecule has 0 aliphatic rings. The highest BCUT2D eigenvalue weighted by Crippen LogP contribution is 2.48. The minimum absolute atomic E-state index is 0.283. The fourth-order valence-corrected chi connectivity index (χ4v) is 2.46. The first-order valence-corrected chi connectivity index (χ1v) is 7.40. The highest BCUT2D eigenvalue weighted by molar-refractivity contribution is 7.71. The van der Waals surface area contributed by atoms with E-state index < -0.39 is 13.1 Å². The van der Waals surface area contributed by atoms with Gasteiger partial charge in [-0.2, -0.15) is 0 Å². The Balaban J connectivity index is 3.69. The smallest absolute Gasteiger partial charge is 0.307 e. The van der Waals surface area contributed by atoms with Crippen LogP contribution in [0.5, 0.6) is 0 Å². The molecule has 0 aliphatic heterocycles. The van der Waals surface area contributed by atoms with Crippen molar-refractivity contribution in [3.8, 4) is 0 Å². The summed E-state index contributed by atoms with van der Waals surface area (Å²) in [5, 5.41) is 0. The van der Waals surface area contributed by atoms with E-state index in [1.807, 2.05) is 0 Å². The predicted octanol–water partition coefficient (Wildman–Crippen LogP) is 3.75. The Morgan fingerprint density at radius 3 is 2.00 bits per heavy atom. The van der Waals surface area contributed by atoms with E-state index in [4.69, 9.17) is 0 Å². The number of carbonyl (C=O) groups excluding carboxylic acids is 1. The Morgan fingerprint density at radius 2 is 1.50 bits per heavy atom. The molecule has 0 atom stereocenters. The van der Waals surface area contributed by atoms with Crippen molar-refractivity contribution in [3.63, 3.8) is 0 Å². The quantitative estimate of drug-likeness (QED) is 0.437. The van der Waals surface area contributed by atoms with Gasteiger partial charge >= 0.3 is 7.60 Å². The van der Waals surface area contributed by atoms with Crippen molar-refractivity contribution >= 4 is 13.1 Å². The molecule has 0 saturated heterocycles. The Bertz CT molecular complexity index is 232. The maximum Gasteiger partial charge on any atom is 0.396 e. The SMILES string of the molecule is CCCCCCCCC(=O)P(=O)(OC)OC. The standard InChI is InChI=1S/C11H23O4P/c1-4-5-6-7-8-9-10-11(12)16(13,14-2)15-3/h4-10H2,1-3H3. The van der Waals surface area contributed by atoms with Crippen LogP contribution in [0.1, 0.15) is 51.9 Å². The van der Waals surface area contributed by atoms with Crippen LogP contribution in [0.25, 0.3) is 0 Å². The van der Waals surface area contributed by atoms with E-state index >= 15 is 0 Å². The molecule has 0 bridgehead atoms. The van der Waals surface area contributed by atoms with E-state index in [0.29, 0.717) is 0 Å². The Labute approximate surface area is 98.2 Å². The van der Waals surface area contributed by atoms with Crippen molar-refractivity contribution in [1.29, 1.82) is 0 Å². The zero-order valence-corrected chi connectivity index (χ0v) is 11.4. The molecule has 0 aromatic carbocycles. The molecule has 96 valence electrons. The Kier molecular flexibility index (Phi) is 8.81. The first-order chi connectivity index (χ1) is 7.60. The van der Waals surface area contributed by atoms with Gasteiger partial charge < -0.3 is 9.05 Å². The highest BCUT2D eigenvalue weighted by Gasteiger charge is 2.30. The molecule has 0 unspecified atom stereocenters. The van der Waals surface area contributed by atoms with E-state index in [-0.39, 0.29) is 6.42 Å². The second-order valence-corrected chi connectivity index (χ2v) is 6.00. The summed E-state index contributed by atoms with van der Waals surface area (Å²) < 4.78 is 20.9. The molecule has 4 nitrogen and oxygen atoms in total. The lowest BCUT2D eigenvalue weighted by molar-refractivity contribution is -0.113. The first-order valence-electron chi connectivity index (χ1n) is 5.85. The molecule has 5 heteroatoms. The van der Waals surface area contributed by atoms with Crippen molar-refractivity contribution in [3.05, 3.63) is 0 Å². The topological polar surface area (TPSA) is 52.6 Å². The number of hydrogen-bond acceptors (Lipinski definition) is 4. The van der Waals surface area contributed by atoms with Gasteiger partial charge in [0.15, 0.2) is 0 Å². The molecule has 0 aromatic rings. The molecule has 0 N–H and O–H groups in total. The summed E-state index contributed by atoms with van der Waals surface area (Å²) in [5.74, 6) is 0. The van der Waals surface area contributed by atoms with Gasteiger partial charge in [0, 0.05) is 20.6 Å². The highest BCUT2D eigenvalue weighted by atomic mass is 31.2. The van der Waals surface area contributed by atoms with Crippen LogP contribution >= 0.6 is 7.60 Å². The van der Waals surface area contributed by atoms with Gasteiger partial charge in [0.25, 0.3) is 0 Å². The summed E-state index contributed by atoms with van der Waals surface area (Å²) in [6.07, 6.45) is 6.83. The predicted molar refractivity (Wildman–Crippen MR) is 64.6 cm³/mol. The third kappa shape index (κ3) is 5.78. The molecular formula is C11H23O4P. The van der Waals surface area contributed by atoms with Crippen molar-refractivity contribution in [2.75, 3.05) is 14.2 Å². The van der Waals surface area contributed by atoms with Crippen LogP contribution in [0, 0.1) is 0 Å². The molecule has 0 aromatic heterocycles. The molecule has 0 amide bonds. The zero-order valence-electron chi connectivity index (χ0n) is 10.5. The average molecular weight is 250 g/mol. The van der Waals surface area contributed by atoms with Gasteiger partial charge in [-0.15, -0.1) is 0 Å². The molecule has 0 aliphatic carbocycles. The van der Waals surface area contributed by atoms with Crippen LogP contribution in [0.3, 0.4) is 0 Å². The number of unbranched alkanes of at least 4 members (excludes halogenated alkanes) is 5.